The lowest BCUT2D eigenvalue weighted by atomic mass is 10.3. The van der Waals surface area contributed by atoms with E-state index in [4.69, 9.17) is 16.3 Å². The molecule has 15 heavy (non-hydrogen) atoms. The zero-order chi connectivity index (χ0) is 10.9. The van der Waals surface area contributed by atoms with Gasteiger partial charge in [-0.25, -0.2) is 0 Å². The largest absolute Gasteiger partial charge is 0.491 e. The number of hydrogen-bond acceptors (Lipinski definition) is 2. The topological polar surface area (TPSA) is 21.3 Å². The van der Waals surface area contributed by atoms with Crippen LogP contribution in [-0.2, 0) is 0 Å². The number of ether oxygens (including phenoxy) is 1. The van der Waals surface area contributed by atoms with Gasteiger partial charge in [0.15, 0.2) is 0 Å². The Labute approximate surface area is 96.6 Å². The summed E-state index contributed by atoms with van der Waals surface area (Å²) in [5, 5.41) is 3.98. The maximum atomic E-state index is 5.94. The Kier molecular flexibility index (Phi) is 6.21. The first kappa shape index (κ1) is 12.3. The predicted molar refractivity (Wildman–Crippen MR) is 64.7 cm³/mol. The summed E-state index contributed by atoms with van der Waals surface area (Å²) in [4.78, 5) is 0. The molecule has 1 aromatic carbocycles. The van der Waals surface area contributed by atoms with E-state index in [2.05, 4.69) is 12.2 Å². The second kappa shape index (κ2) is 7.55. The molecule has 2 nitrogen and oxygen atoms in total. The summed E-state index contributed by atoms with van der Waals surface area (Å²) in [5.41, 5.74) is 0. The van der Waals surface area contributed by atoms with Crippen molar-refractivity contribution in [2.24, 2.45) is 0 Å². The van der Waals surface area contributed by atoms with E-state index >= 15 is 0 Å². The van der Waals surface area contributed by atoms with Gasteiger partial charge in [0.1, 0.15) is 12.4 Å². The number of halogens is 1. The number of hydrogen-bond donors (Lipinski definition) is 1. The van der Waals surface area contributed by atoms with Crippen molar-refractivity contribution in [3.63, 3.8) is 0 Å². The Hall–Kier alpha value is -0.730. The molecule has 0 amide bonds. The lowest BCUT2D eigenvalue weighted by molar-refractivity contribution is 0.314. The van der Waals surface area contributed by atoms with Gasteiger partial charge in [-0.1, -0.05) is 37.1 Å². The van der Waals surface area contributed by atoms with Crippen LogP contribution in [0.4, 0.5) is 0 Å². The Morgan fingerprint density at radius 3 is 2.80 bits per heavy atom. The van der Waals surface area contributed by atoms with Crippen molar-refractivity contribution in [1.29, 1.82) is 0 Å². The van der Waals surface area contributed by atoms with Gasteiger partial charge in [-0.2, -0.15) is 0 Å². The van der Waals surface area contributed by atoms with Crippen molar-refractivity contribution in [2.45, 2.75) is 19.8 Å². The van der Waals surface area contributed by atoms with Crippen LogP contribution in [0.1, 0.15) is 19.8 Å². The molecule has 0 radical (unpaired) electrons. The van der Waals surface area contributed by atoms with Gasteiger partial charge in [-0.05, 0) is 25.1 Å². The smallest absolute Gasteiger partial charge is 0.137 e. The molecule has 0 atom stereocenters. The number of para-hydroxylation sites is 1. The average molecular weight is 228 g/mol. The molecule has 0 heterocycles. The van der Waals surface area contributed by atoms with Gasteiger partial charge in [-0.3, -0.25) is 0 Å². The summed E-state index contributed by atoms with van der Waals surface area (Å²) in [6, 6.07) is 7.54. The first-order valence-corrected chi connectivity index (χ1v) is 5.80. The van der Waals surface area contributed by atoms with Crippen molar-refractivity contribution in [2.75, 3.05) is 19.7 Å². The average Bonchev–Trinajstić information content (AvgIpc) is 2.25. The van der Waals surface area contributed by atoms with Crippen molar-refractivity contribution in [3.05, 3.63) is 29.3 Å². The molecule has 1 rings (SSSR count). The second-order valence-corrected chi connectivity index (χ2v) is 3.79. The highest BCUT2D eigenvalue weighted by atomic mass is 35.5. The molecule has 84 valence electrons. The van der Waals surface area contributed by atoms with Gasteiger partial charge < -0.3 is 10.1 Å². The van der Waals surface area contributed by atoms with Gasteiger partial charge in [0.05, 0.1) is 5.02 Å². The van der Waals surface area contributed by atoms with E-state index in [1.54, 1.807) is 0 Å². The first-order valence-electron chi connectivity index (χ1n) is 5.42. The minimum Gasteiger partial charge on any atom is -0.491 e. The maximum Gasteiger partial charge on any atom is 0.137 e. The standard InChI is InChI=1S/C12H18ClNO/c1-2-3-8-14-9-10-15-12-7-5-4-6-11(12)13/h4-7,14H,2-3,8-10H2,1H3. The monoisotopic (exact) mass is 227 g/mol. The van der Waals surface area contributed by atoms with E-state index in [0.717, 1.165) is 18.8 Å². The second-order valence-electron chi connectivity index (χ2n) is 3.38. The van der Waals surface area contributed by atoms with Gasteiger partial charge >= 0.3 is 0 Å². The zero-order valence-electron chi connectivity index (χ0n) is 9.13. The van der Waals surface area contributed by atoms with Crippen LogP contribution in [0, 0.1) is 0 Å². The molecule has 0 bridgehead atoms. The summed E-state index contributed by atoms with van der Waals surface area (Å²) < 4.78 is 5.52. The van der Waals surface area contributed by atoms with E-state index in [1.807, 2.05) is 24.3 Å². The highest BCUT2D eigenvalue weighted by molar-refractivity contribution is 6.32. The maximum absolute atomic E-state index is 5.94. The van der Waals surface area contributed by atoms with Crippen LogP contribution < -0.4 is 10.1 Å². The fourth-order valence-electron chi connectivity index (χ4n) is 1.22. The van der Waals surface area contributed by atoms with Gasteiger partial charge in [-0.15, -0.1) is 0 Å². The predicted octanol–water partition coefficient (Wildman–Crippen LogP) is 3.11. The molecular formula is C12H18ClNO. The summed E-state index contributed by atoms with van der Waals surface area (Å²) in [5.74, 6) is 0.761. The van der Waals surface area contributed by atoms with E-state index in [9.17, 15) is 0 Å². The third-order valence-electron chi connectivity index (χ3n) is 2.08. The molecule has 0 saturated carbocycles. The number of nitrogens with one attached hydrogen (secondary N) is 1. The SMILES string of the molecule is CCCCNCCOc1ccccc1Cl. The summed E-state index contributed by atoms with van der Waals surface area (Å²) >= 11 is 5.94. The van der Waals surface area contributed by atoms with Crippen molar-refractivity contribution >= 4 is 11.6 Å². The van der Waals surface area contributed by atoms with Gasteiger partial charge in [0.25, 0.3) is 0 Å². The van der Waals surface area contributed by atoms with Crippen molar-refractivity contribution < 1.29 is 4.74 Å². The third kappa shape index (κ3) is 5.05. The minimum absolute atomic E-state index is 0.660. The van der Waals surface area contributed by atoms with E-state index in [0.29, 0.717) is 11.6 Å². The highest BCUT2D eigenvalue weighted by Gasteiger charge is 1.98. The van der Waals surface area contributed by atoms with Crippen LogP contribution >= 0.6 is 11.6 Å². The molecular weight excluding hydrogens is 210 g/mol. The van der Waals surface area contributed by atoms with E-state index < -0.39 is 0 Å². The molecule has 0 unspecified atom stereocenters. The minimum atomic E-state index is 0.660. The zero-order valence-corrected chi connectivity index (χ0v) is 9.89. The third-order valence-corrected chi connectivity index (χ3v) is 2.39. The number of benzene rings is 1. The van der Waals surface area contributed by atoms with Crippen molar-refractivity contribution in [3.8, 4) is 5.75 Å². The fraction of sp³-hybridized carbons (Fsp3) is 0.500. The molecule has 0 spiro atoms. The Morgan fingerprint density at radius 2 is 2.07 bits per heavy atom. The van der Waals surface area contributed by atoms with Gasteiger partial charge in [0.2, 0.25) is 0 Å². The molecule has 1 aromatic rings. The molecule has 3 heteroatoms. The summed E-state index contributed by atoms with van der Waals surface area (Å²) in [7, 11) is 0. The van der Waals surface area contributed by atoms with Gasteiger partial charge in [0, 0.05) is 6.54 Å². The van der Waals surface area contributed by atoms with Crippen LogP contribution in [0.2, 0.25) is 5.02 Å². The van der Waals surface area contributed by atoms with Crippen LogP contribution in [0.25, 0.3) is 0 Å². The summed E-state index contributed by atoms with van der Waals surface area (Å²) in [6.45, 7) is 4.77. The lowest BCUT2D eigenvalue weighted by Crippen LogP contribution is -2.21. The fourth-order valence-corrected chi connectivity index (χ4v) is 1.41. The first-order chi connectivity index (χ1) is 7.34. The molecule has 0 aliphatic heterocycles. The molecule has 0 aliphatic carbocycles. The number of rotatable bonds is 7. The summed E-state index contributed by atoms with van der Waals surface area (Å²) in [6.07, 6.45) is 2.43. The Balaban J connectivity index is 2.12. The van der Waals surface area contributed by atoms with Crippen LogP contribution in [0.15, 0.2) is 24.3 Å². The molecule has 0 saturated heterocycles. The Bertz CT molecular complexity index is 278. The molecule has 0 aliphatic rings. The van der Waals surface area contributed by atoms with Crippen molar-refractivity contribution in [1.82, 2.24) is 5.32 Å². The molecule has 0 aromatic heterocycles. The van der Waals surface area contributed by atoms with Crippen LogP contribution in [0.5, 0.6) is 5.75 Å². The van der Waals surface area contributed by atoms with Crippen LogP contribution in [-0.4, -0.2) is 19.7 Å². The number of unbranched alkanes of at least 4 members (excludes halogenated alkanes) is 1. The molecule has 0 fully saturated rings. The Morgan fingerprint density at radius 1 is 1.27 bits per heavy atom. The molecule has 1 N–H and O–H groups in total. The van der Waals surface area contributed by atoms with E-state index in [-0.39, 0.29) is 0 Å². The highest BCUT2D eigenvalue weighted by Crippen LogP contribution is 2.22. The lowest BCUT2D eigenvalue weighted by Gasteiger charge is -2.08. The van der Waals surface area contributed by atoms with E-state index in [1.165, 1.54) is 12.8 Å². The quantitative estimate of drug-likeness (QED) is 0.723. The van der Waals surface area contributed by atoms with Crippen LogP contribution in [0.3, 0.4) is 0 Å². The normalized spacial score (nSPS) is 10.3.